The average molecular weight is 525 g/mol. The number of urea groups is 1. The highest BCUT2D eigenvalue weighted by molar-refractivity contribution is 5.99. The molecule has 4 aromatic rings. The summed E-state index contributed by atoms with van der Waals surface area (Å²) in [6.45, 7) is 0. The van der Waals surface area contributed by atoms with E-state index in [1.807, 2.05) is 36.2 Å². The van der Waals surface area contributed by atoms with E-state index in [0.717, 1.165) is 23.5 Å². The monoisotopic (exact) mass is 524 g/mol. The Balaban J connectivity index is 1.35. The predicted molar refractivity (Wildman–Crippen MR) is 139 cm³/mol. The first-order chi connectivity index (χ1) is 18.2. The minimum Gasteiger partial charge on any atom is -0.497 e. The summed E-state index contributed by atoms with van der Waals surface area (Å²) >= 11 is 0. The molecule has 0 atom stereocenters. The lowest BCUT2D eigenvalue weighted by atomic mass is 10.2. The molecule has 196 valence electrons. The van der Waals surface area contributed by atoms with Crippen LogP contribution in [0.2, 0.25) is 0 Å². The van der Waals surface area contributed by atoms with Gasteiger partial charge in [0.15, 0.2) is 0 Å². The van der Waals surface area contributed by atoms with E-state index in [2.05, 4.69) is 30.7 Å². The highest BCUT2D eigenvalue weighted by Gasteiger charge is 2.31. The fourth-order valence-electron chi connectivity index (χ4n) is 3.36. The molecule has 0 aliphatic rings. The second kappa shape index (κ2) is 11.4. The van der Waals surface area contributed by atoms with E-state index in [1.165, 1.54) is 12.1 Å². The van der Waals surface area contributed by atoms with Gasteiger partial charge in [0, 0.05) is 42.1 Å². The van der Waals surface area contributed by atoms with Gasteiger partial charge in [-0.15, -0.1) is 13.2 Å². The van der Waals surface area contributed by atoms with E-state index in [9.17, 15) is 18.0 Å². The van der Waals surface area contributed by atoms with Gasteiger partial charge in [-0.3, -0.25) is 0 Å². The van der Waals surface area contributed by atoms with Crippen molar-refractivity contribution in [3.8, 4) is 11.5 Å². The van der Waals surface area contributed by atoms with E-state index in [0.29, 0.717) is 28.9 Å². The number of hydrogen-bond donors (Lipinski definition) is 3. The first-order valence-electron chi connectivity index (χ1n) is 11.2. The van der Waals surface area contributed by atoms with Crippen LogP contribution in [0.5, 0.6) is 11.5 Å². The summed E-state index contributed by atoms with van der Waals surface area (Å²) in [5, 5.41) is 8.37. The number of nitrogens with one attached hydrogen (secondary N) is 3. The van der Waals surface area contributed by atoms with Gasteiger partial charge in [-0.05, 0) is 66.7 Å². The minimum atomic E-state index is -4.78. The van der Waals surface area contributed by atoms with Crippen molar-refractivity contribution in [3.63, 3.8) is 0 Å². The average Bonchev–Trinajstić information content (AvgIpc) is 2.89. The molecule has 0 saturated carbocycles. The van der Waals surface area contributed by atoms with Gasteiger partial charge in [0.1, 0.15) is 17.3 Å². The fraction of sp³-hybridized carbons (Fsp3) is 0.115. The molecule has 1 heterocycles. The first kappa shape index (κ1) is 26.1. The molecule has 9 nitrogen and oxygen atoms in total. The molecule has 4 rings (SSSR count). The van der Waals surface area contributed by atoms with Crippen LogP contribution in [0.4, 0.5) is 52.5 Å². The van der Waals surface area contributed by atoms with Crippen LogP contribution in [0.1, 0.15) is 0 Å². The van der Waals surface area contributed by atoms with E-state index in [4.69, 9.17) is 4.74 Å². The van der Waals surface area contributed by atoms with Gasteiger partial charge in [0.2, 0.25) is 5.95 Å². The number of amides is 2. The quantitative estimate of drug-likeness (QED) is 0.241. The Morgan fingerprint density at radius 3 is 2.16 bits per heavy atom. The summed E-state index contributed by atoms with van der Waals surface area (Å²) in [6, 6.07) is 20.5. The SMILES string of the molecule is COc1cccc(Nc2nccc(N(C)c3ccc(NC(=O)Nc4ccc(OC(F)(F)F)cc4)cc3)n2)c1. The number of aromatic nitrogens is 2. The van der Waals surface area contributed by atoms with E-state index < -0.39 is 12.4 Å². The number of ether oxygens (including phenoxy) is 2. The number of methoxy groups -OCH3 is 1. The third-order valence-corrected chi connectivity index (χ3v) is 5.17. The van der Waals surface area contributed by atoms with Crippen molar-refractivity contribution in [1.82, 2.24) is 9.97 Å². The molecule has 2 amide bonds. The van der Waals surface area contributed by atoms with E-state index in [-0.39, 0.29) is 5.75 Å². The van der Waals surface area contributed by atoms with Gasteiger partial charge in [-0.2, -0.15) is 4.98 Å². The lowest BCUT2D eigenvalue weighted by Gasteiger charge is -2.19. The van der Waals surface area contributed by atoms with Crippen LogP contribution < -0.4 is 30.3 Å². The summed E-state index contributed by atoms with van der Waals surface area (Å²) < 4.78 is 45.9. The standard InChI is InChI=1S/C26H23F3N6O3/c1-35(23-14-15-30-24(34-23)31-19-4-3-5-22(16-19)37-2)20-10-6-17(7-11-20)32-25(36)33-18-8-12-21(13-9-18)38-26(27,28)29/h3-16H,1-2H3,(H,30,31,34)(H2,32,33,36). The number of alkyl halides is 3. The second-order valence-electron chi connectivity index (χ2n) is 7.85. The van der Waals surface area contributed by atoms with Gasteiger partial charge in [-0.25, -0.2) is 9.78 Å². The molecule has 3 aromatic carbocycles. The number of rotatable bonds is 8. The molecule has 0 bridgehead atoms. The number of nitrogens with zero attached hydrogens (tertiary/aromatic N) is 3. The molecule has 0 fully saturated rings. The number of carbonyl (C=O) groups is 1. The van der Waals surface area contributed by atoms with Crippen LogP contribution in [-0.4, -0.2) is 36.5 Å². The van der Waals surface area contributed by atoms with Crippen LogP contribution in [0.25, 0.3) is 0 Å². The van der Waals surface area contributed by atoms with Crippen LogP contribution >= 0.6 is 0 Å². The summed E-state index contributed by atoms with van der Waals surface area (Å²) in [7, 11) is 3.44. The Morgan fingerprint density at radius 1 is 0.868 bits per heavy atom. The maximum absolute atomic E-state index is 12.3. The topological polar surface area (TPSA) is 101 Å². The molecule has 0 radical (unpaired) electrons. The van der Waals surface area contributed by atoms with Gasteiger partial charge in [0.25, 0.3) is 0 Å². The Labute approximate surface area is 216 Å². The van der Waals surface area contributed by atoms with Crippen LogP contribution in [0, 0.1) is 0 Å². The van der Waals surface area contributed by atoms with Crippen molar-refractivity contribution in [2.75, 3.05) is 35.0 Å². The van der Waals surface area contributed by atoms with E-state index >= 15 is 0 Å². The Hall–Kier alpha value is -5.00. The molecule has 0 unspecified atom stereocenters. The number of carbonyl (C=O) groups excluding carboxylic acids is 1. The molecule has 1 aromatic heterocycles. The smallest absolute Gasteiger partial charge is 0.497 e. The molecule has 0 saturated heterocycles. The highest BCUT2D eigenvalue weighted by atomic mass is 19.4. The number of hydrogen-bond acceptors (Lipinski definition) is 7. The summed E-state index contributed by atoms with van der Waals surface area (Å²) in [5.41, 5.74) is 2.40. The lowest BCUT2D eigenvalue weighted by Crippen LogP contribution is -2.20. The minimum absolute atomic E-state index is 0.301. The highest BCUT2D eigenvalue weighted by Crippen LogP contribution is 2.26. The third kappa shape index (κ3) is 7.26. The van der Waals surface area contributed by atoms with Crippen molar-refractivity contribution in [2.45, 2.75) is 6.36 Å². The zero-order valence-corrected chi connectivity index (χ0v) is 20.3. The van der Waals surface area contributed by atoms with Crippen molar-refractivity contribution >= 4 is 40.5 Å². The largest absolute Gasteiger partial charge is 0.573 e. The zero-order chi connectivity index (χ0) is 27.1. The second-order valence-corrected chi connectivity index (χ2v) is 7.85. The Bertz CT molecular complexity index is 1380. The first-order valence-corrected chi connectivity index (χ1v) is 11.2. The van der Waals surface area contributed by atoms with Gasteiger partial charge in [0.05, 0.1) is 7.11 Å². The van der Waals surface area contributed by atoms with Crippen molar-refractivity contribution < 1.29 is 27.4 Å². The molecule has 0 aliphatic heterocycles. The maximum atomic E-state index is 12.3. The predicted octanol–water partition coefficient (Wildman–Crippen LogP) is 6.54. The van der Waals surface area contributed by atoms with Crippen molar-refractivity contribution in [1.29, 1.82) is 0 Å². The molecule has 3 N–H and O–H groups in total. The van der Waals surface area contributed by atoms with Crippen molar-refractivity contribution in [2.24, 2.45) is 0 Å². The van der Waals surface area contributed by atoms with Crippen LogP contribution in [-0.2, 0) is 0 Å². The zero-order valence-electron chi connectivity index (χ0n) is 20.3. The van der Waals surface area contributed by atoms with E-state index in [1.54, 1.807) is 43.6 Å². The lowest BCUT2D eigenvalue weighted by molar-refractivity contribution is -0.274. The summed E-state index contributed by atoms with van der Waals surface area (Å²) in [5.74, 6) is 1.38. The molecular weight excluding hydrogens is 501 g/mol. The maximum Gasteiger partial charge on any atom is 0.573 e. The molecule has 0 spiro atoms. The number of anilines is 6. The van der Waals surface area contributed by atoms with Crippen molar-refractivity contribution in [3.05, 3.63) is 85.1 Å². The number of benzene rings is 3. The molecular formula is C26H23F3N6O3. The van der Waals surface area contributed by atoms with Gasteiger partial charge >= 0.3 is 12.4 Å². The van der Waals surface area contributed by atoms with Crippen LogP contribution in [0.15, 0.2) is 85.1 Å². The fourth-order valence-corrected chi connectivity index (χ4v) is 3.36. The molecule has 0 aliphatic carbocycles. The Kier molecular flexibility index (Phi) is 7.80. The normalized spacial score (nSPS) is 10.9. The summed E-state index contributed by atoms with van der Waals surface area (Å²) in [4.78, 5) is 23.0. The Morgan fingerprint density at radius 2 is 1.53 bits per heavy atom. The third-order valence-electron chi connectivity index (χ3n) is 5.17. The summed E-state index contributed by atoms with van der Waals surface area (Å²) in [6.07, 6.45) is -3.14. The number of halogens is 3. The molecule has 12 heteroatoms. The molecule has 38 heavy (non-hydrogen) atoms. The van der Waals surface area contributed by atoms with Crippen LogP contribution in [0.3, 0.4) is 0 Å². The van der Waals surface area contributed by atoms with Gasteiger partial charge in [-0.1, -0.05) is 6.07 Å². The van der Waals surface area contributed by atoms with Gasteiger partial charge < -0.3 is 30.3 Å².